The molecular weight excluding hydrogens is 158 g/mol. The van der Waals surface area contributed by atoms with Gasteiger partial charge in [-0.1, -0.05) is 0 Å². The van der Waals surface area contributed by atoms with Crippen LogP contribution in [0.4, 0.5) is 14.7 Å². The van der Waals surface area contributed by atoms with Gasteiger partial charge in [-0.2, -0.15) is 23.7 Å². The molecule has 0 spiro atoms. The highest BCUT2D eigenvalue weighted by Gasteiger charge is 2.03. The molecule has 0 atom stereocenters. The lowest BCUT2D eigenvalue weighted by atomic mass is 10.9. The van der Waals surface area contributed by atoms with Crippen LogP contribution in [0.15, 0.2) is 5.22 Å². The van der Waals surface area contributed by atoms with Gasteiger partial charge in [-0.15, -0.1) is 0 Å². The maximum absolute atomic E-state index is 12.1. The van der Waals surface area contributed by atoms with Crippen molar-refractivity contribution >= 4 is 5.95 Å². The molecular formula is C3HF2N6. The van der Waals surface area contributed by atoms with E-state index in [2.05, 4.69) is 20.2 Å². The van der Waals surface area contributed by atoms with Gasteiger partial charge in [0.15, 0.2) is 0 Å². The molecule has 6 nitrogen and oxygen atoms in total. The minimum atomic E-state index is -1.29. The van der Waals surface area contributed by atoms with E-state index in [1.807, 2.05) is 0 Å². The Morgan fingerprint density at radius 3 is 2.18 bits per heavy atom. The lowest BCUT2D eigenvalue weighted by molar-refractivity contribution is 0.457. The van der Waals surface area contributed by atoms with E-state index in [1.54, 1.807) is 5.43 Å². The van der Waals surface area contributed by atoms with Crippen LogP contribution in [0, 0.1) is 12.2 Å². The fourth-order valence-corrected chi connectivity index (χ4v) is 0.421. The summed E-state index contributed by atoms with van der Waals surface area (Å²) < 4.78 is 24.2. The normalized spacial score (nSPS) is 9.27. The van der Waals surface area contributed by atoms with Crippen molar-refractivity contribution in [3.63, 3.8) is 0 Å². The first-order valence-corrected chi connectivity index (χ1v) is 2.39. The molecule has 1 N–H and O–H groups in total. The fraction of sp³-hybridized carbons (Fsp3) is 0. The lowest BCUT2D eigenvalue weighted by Crippen LogP contribution is -2.03. The third kappa shape index (κ3) is 1.85. The van der Waals surface area contributed by atoms with E-state index in [0.717, 1.165) is 0 Å². The number of rotatable bonds is 2. The molecule has 8 heteroatoms. The standard InChI is InChI=1S/C3HF2N6/c4-1-7-2(5)9-3(8-1)10-11-6/h(H,7,8,9,10). The molecule has 0 aromatic carbocycles. The molecule has 1 aromatic rings. The van der Waals surface area contributed by atoms with Crippen LogP contribution in [0.5, 0.6) is 0 Å². The molecule has 1 radical (unpaired) electrons. The second-order valence-corrected chi connectivity index (χ2v) is 1.41. The van der Waals surface area contributed by atoms with Gasteiger partial charge in [0.2, 0.25) is 0 Å². The van der Waals surface area contributed by atoms with Crippen molar-refractivity contribution in [3.05, 3.63) is 12.2 Å². The van der Waals surface area contributed by atoms with Gasteiger partial charge in [0.1, 0.15) is 0 Å². The molecule has 0 saturated heterocycles. The summed E-state index contributed by atoms with van der Waals surface area (Å²) in [6.45, 7) is 0. The third-order valence-corrected chi connectivity index (χ3v) is 0.731. The van der Waals surface area contributed by atoms with Gasteiger partial charge in [-0.3, -0.25) is 0 Å². The molecule has 0 aliphatic heterocycles. The molecule has 11 heavy (non-hydrogen) atoms. The first-order chi connectivity index (χ1) is 5.22. The minimum absolute atomic E-state index is 0.502. The molecule has 0 amide bonds. The Kier molecular flexibility index (Phi) is 1.95. The van der Waals surface area contributed by atoms with Crippen LogP contribution in [0.25, 0.3) is 0 Å². The van der Waals surface area contributed by atoms with Crippen LogP contribution in [0.2, 0.25) is 0 Å². The number of nitrogens with one attached hydrogen (secondary N) is 1. The summed E-state index contributed by atoms with van der Waals surface area (Å²) in [6.07, 6.45) is -2.58. The topological polar surface area (TPSA) is 85.4 Å². The molecule has 0 aliphatic carbocycles. The van der Waals surface area contributed by atoms with E-state index < -0.39 is 18.1 Å². The Hall–Kier alpha value is -1.73. The van der Waals surface area contributed by atoms with Crippen LogP contribution < -0.4 is 11.0 Å². The molecule has 0 bridgehead atoms. The first kappa shape index (κ1) is 7.38. The lowest BCUT2D eigenvalue weighted by Gasteiger charge is -1.93. The summed E-state index contributed by atoms with van der Waals surface area (Å²) in [5.41, 5.74) is 9.60. The first-order valence-electron chi connectivity index (χ1n) is 2.39. The fourth-order valence-electron chi connectivity index (χ4n) is 0.421. The molecule has 1 aromatic heterocycles. The number of aromatic nitrogens is 3. The van der Waals surface area contributed by atoms with Gasteiger partial charge in [-0.25, -0.2) is 5.43 Å². The summed E-state index contributed by atoms with van der Waals surface area (Å²) in [7, 11) is 0. The SMILES string of the molecule is [N]=NNc1nc(F)nc(F)n1. The van der Waals surface area contributed by atoms with Crippen molar-refractivity contribution in [1.82, 2.24) is 20.5 Å². The maximum atomic E-state index is 12.1. The molecule has 1 rings (SSSR count). The summed E-state index contributed by atoms with van der Waals surface area (Å²) in [6, 6.07) is 0. The number of hydrogen-bond donors (Lipinski definition) is 1. The predicted octanol–water partition coefficient (Wildman–Crippen LogP) is -0.271. The molecule has 0 unspecified atom stereocenters. The third-order valence-electron chi connectivity index (χ3n) is 0.731. The van der Waals surface area contributed by atoms with Crippen LogP contribution in [0.3, 0.4) is 0 Å². The Bertz CT molecular complexity index is 254. The van der Waals surface area contributed by atoms with Gasteiger partial charge < -0.3 is 0 Å². The van der Waals surface area contributed by atoms with Crippen molar-refractivity contribution in [1.29, 1.82) is 0 Å². The highest BCUT2D eigenvalue weighted by Crippen LogP contribution is 1.97. The van der Waals surface area contributed by atoms with E-state index >= 15 is 0 Å². The smallest absolute Gasteiger partial charge is 0.224 e. The second-order valence-electron chi connectivity index (χ2n) is 1.41. The Labute approximate surface area is 59.2 Å². The van der Waals surface area contributed by atoms with E-state index in [9.17, 15) is 8.78 Å². The molecule has 57 valence electrons. The van der Waals surface area contributed by atoms with Crippen molar-refractivity contribution < 1.29 is 8.78 Å². The molecule has 0 fully saturated rings. The number of anilines is 1. The zero-order valence-electron chi connectivity index (χ0n) is 4.99. The summed E-state index contributed by atoms with van der Waals surface area (Å²) in [5.74, 6) is -0.502. The zero-order chi connectivity index (χ0) is 8.27. The summed E-state index contributed by atoms with van der Waals surface area (Å²) >= 11 is 0. The van der Waals surface area contributed by atoms with Crippen LogP contribution >= 0.6 is 0 Å². The molecule has 0 aliphatic rings. The highest BCUT2D eigenvalue weighted by molar-refractivity contribution is 5.18. The second kappa shape index (κ2) is 2.90. The van der Waals surface area contributed by atoms with E-state index in [0.29, 0.717) is 0 Å². The van der Waals surface area contributed by atoms with Crippen molar-refractivity contribution in [2.75, 3.05) is 5.43 Å². The number of halogens is 2. The average molecular weight is 159 g/mol. The van der Waals surface area contributed by atoms with Crippen molar-refractivity contribution in [3.8, 4) is 0 Å². The largest absolute Gasteiger partial charge is 0.315 e. The Morgan fingerprint density at radius 1 is 1.18 bits per heavy atom. The molecule has 0 saturated carbocycles. The summed E-state index contributed by atoms with van der Waals surface area (Å²) in [5, 5.41) is 2.35. The molecule has 1 heterocycles. The van der Waals surface area contributed by atoms with Crippen LogP contribution in [-0.4, -0.2) is 15.0 Å². The van der Waals surface area contributed by atoms with Crippen molar-refractivity contribution in [2.24, 2.45) is 5.22 Å². The van der Waals surface area contributed by atoms with Crippen molar-refractivity contribution in [2.45, 2.75) is 0 Å². The van der Waals surface area contributed by atoms with Gasteiger partial charge in [0.05, 0.1) is 0 Å². The Morgan fingerprint density at radius 2 is 1.73 bits per heavy atom. The number of hydrogen-bond acceptors (Lipinski definition) is 4. The monoisotopic (exact) mass is 159 g/mol. The van der Waals surface area contributed by atoms with E-state index in [4.69, 9.17) is 5.53 Å². The summed E-state index contributed by atoms with van der Waals surface area (Å²) in [4.78, 5) is 8.46. The minimum Gasteiger partial charge on any atom is -0.224 e. The number of nitrogens with zero attached hydrogens (tertiary/aromatic N) is 5. The van der Waals surface area contributed by atoms with Crippen LogP contribution in [0.1, 0.15) is 0 Å². The van der Waals surface area contributed by atoms with Gasteiger partial charge in [0, 0.05) is 0 Å². The van der Waals surface area contributed by atoms with Gasteiger partial charge in [0.25, 0.3) is 5.95 Å². The Balaban J connectivity index is 2.98. The van der Waals surface area contributed by atoms with Crippen LogP contribution in [-0.2, 0) is 0 Å². The van der Waals surface area contributed by atoms with Gasteiger partial charge in [-0.05, 0) is 10.8 Å². The quantitative estimate of drug-likeness (QED) is 0.475. The zero-order valence-corrected chi connectivity index (χ0v) is 4.99. The van der Waals surface area contributed by atoms with E-state index in [-0.39, 0.29) is 0 Å². The van der Waals surface area contributed by atoms with E-state index in [1.165, 1.54) is 0 Å². The maximum Gasteiger partial charge on any atom is 0.315 e. The predicted molar refractivity (Wildman–Crippen MR) is 27.9 cm³/mol. The van der Waals surface area contributed by atoms with Gasteiger partial charge >= 0.3 is 12.2 Å². The average Bonchev–Trinajstić information content (AvgIpc) is 1.85. The highest BCUT2D eigenvalue weighted by atomic mass is 19.1.